The lowest BCUT2D eigenvalue weighted by Crippen LogP contribution is -2.33. The summed E-state index contributed by atoms with van der Waals surface area (Å²) in [5.74, 6) is 0.918. The SMILES string of the molecule is CCC.CCc1nc(C(N)=O)c(Nc2cc(CCNC(=O)CNC)cc(OC)c2)nc1NC1CCCCC1. The molecule has 2 aromatic rings. The Labute approximate surface area is 226 Å². The average Bonchev–Trinajstić information content (AvgIpc) is 2.90. The van der Waals surface area contributed by atoms with Crippen LogP contribution in [0.3, 0.4) is 0 Å². The van der Waals surface area contributed by atoms with E-state index in [9.17, 15) is 9.59 Å². The number of nitrogens with two attached hydrogens (primary N) is 1. The van der Waals surface area contributed by atoms with E-state index in [4.69, 9.17) is 15.5 Å². The summed E-state index contributed by atoms with van der Waals surface area (Å²) in [4.78, 5) is 33.2. The standard InChI is InChI=1S/C25H37N7O3.C3H8/c1-4-20-24(29-17-8-6-5-7-9-17)32-25(22(31-20)23(26)34)30-18-12-16(13-19(14-18)35-3)10-11-28-21(33)15-27-2;1-3-2/h12-14,17,27H,4-11,15H2,1-3H3,(H2,26,34)(H,28,33)(H2,29,30,32);3H2,1-2H3. The normalized spacial score (nSPS) is 13.2. The molecule has 0 aliphatic heterocycles. The lowest BCUT2D eigenvalue weighted by molar-refractivity contribution is -0.120. The van der Waals surface area contributed by atoms with Crippen molar-refractivity contribution in [3.05, 3.63) is 35.2 Å². The van der Waals surface area contributed by atoms with E-state index >= 15 is 0 Å². The minimum absolute atomic E-state index is 0.0656. The number of methoxy groups -OCH3 is 1. The van der Waals surface area contributed by atoms with Gasteiger partial charge in [0.25, 0.3) is 5.91 Å². The van der Waals surface area contributed by atoms with Crippen LogP contribution in [0.25, 0.3) is 0 Å². The van der Waals surface area contributed by atoms with E-state index < -0.39 is 5.91 Å². The van der Waals surface area contributed by atoms with Gasteiger partial charge in [-0.3, -0.25) is 9.59 Å². The van der Waals surface area contributed by atoms with E-state index in [1.54, 1.807) is 14.2 Å². The monoisotopic (exact) mass is 527 g/mol. The van der Waals surface area contributed by atoms with Gasteiger partial charge in [-0.25, -0.2) is 9.97 Å². The van der Waals surface area contributed by atoms with Gasteiger partial charge >= 0.3 is 0 Å². The van der Waals surface area contributed by atoms with Gasteiger partial charge in [0.15, 0.2) is 11.5 Å². The Bertz CT molecular complexity index is 1040. The molecule has 0 spiro atoms. The van der Waals surface area contributed by atoms with Gasteiger partial charge in [0.1, 0.15) is 11.6 Å². The second kappa shape index (κ2) is 16.4. The molecule has 1 heterocycles. The molecule has 10 nitrogen and oxygen atoms in total. The van der Waals surface area contributed by atoms with Crippen LogP contribution in [0.4, 0.5) is 17.3 Å². The smallest absolute Gasteiger partial charge is 0.271 e. The molecule has 1 saturated carbocycles. The quantitative estimate of drug-likeness (QED) is 0.279. The van der Waals surface area contributed by atoms with Crippen LogP contribution in [-0.2, 0) is 17.6 Å². The zero-order valence-corrected chi connectivity index (χ0v) is 23.6. The highest BCUT2D eigenvalue weighted by Crippen LogP contribution is 2.28. The van der Waals surface area contributed by atoms with Crippen LogP contribution in [-0.4, -0.2) is 55.1 Å². The third-order valence-corrected chi connectivity index (χ3v) is 6.02. The Kier molecular flexibility index (Phi) is 13.3. The number of hydrogen-bond donors (Lipinski definition) is 5. The number of amides is 2. The molecule has 1 aromatic carbocycles. The molecular weight excluding hydrogens is 482 g/mol. The van der Waals surface area contributed by atoms with E-state index in [1.807, 2.05) is 25.1 Å². The number of hydrogen-bond acceptors (Lipinski definition) is 8. The molecule has 0 bridgehead atoms. The summed E-state index contributed by atoms with van der Waals surface area (Å²) >= 11 is 0. The summed E-state index contributed by atoms with van der Waals surface area (Å²) in [5.41, 5.74) is 8.12. The van der Waals surface area contributed by atoms with Crippen LogP contribution >= 0.6 is 0 Å². The number of carbonyl (C=O) groups is 2. The van der Waals surface area contributed by atoms with E-state index in [2.05, 4.69) is 40.1 Å². The van der Waals surface area contributed by atoms with Crippen LogP contribution in [0.2, 0.25) is 0 Å². The van der Waals surface area contributed by atoms with Crippen LogP contribution < -0.4 is 31.7 Å². The first-order valence-corrected chi connectivity index (χ1v) is 13.7. The maximum atomic E-state index is 12.2. The van der Waals surface area contributed by atoms with Crippen molar-refractivity contribution >= 4 is 29.1 Å². The Balaban J connectivity index is 0.00000161. The maximum Gasteiger partial charge on any atom is 0.271 e. The molecular formula is C28H45N7O3. The summed E-state index contributed by atoms with van der Waals surface area (Å²) < 4.78 is 5.46. The number of rotatable bonds is 12. The number of likely N-dealkylation sites (N-methyl/N-ethyl adjacent to an activating group) is 1. The molecule has 2 amide bonds. The fourth-order valence-corrected chi connectivity index (χ4v) is 4.23. The second-order valence-corrected chi connectivity index (χ2v) is 9.45. The molecule has 6 N–H and O–H groups in total. The molecule has 210 valence electrons. The van der Waals surface area contributed by atoms with Gasteiger partial charge in [0.05, 0.1) is 19.3 Å². The first kappa shape index (κ1) is 30.8. The number of nitrogens with zero attached hydrogens (tertiary/aromatic N) is 2. The third kappa shape index (κ3) is 9.81. The molecule has 0 radical (unpaired) electrons. The molecule has 0 unspecified atom stereocenters. The number of aryl methyl sites for hydroxylation is 1. The Morgan fingerprint density at radius 2 is 1.76 bits per heavy atom. The molecule has 1 aliphatic carbocycles. The number of aromatic nitrogens is 2. The van der Waals surface area contributed by atoms with Gasteiger partial charge in [0.2, 0.25) is 5.91 Å². The van der Waals surface area contributed by atoms with E-state index in [0.717, 1.165) is 24.1 Å². The van der Waals surface area contributed by atoms with E-state index in [1.165, 1.54) is 25.7 Å². The molecule has 1 aromatic heterocycles. The summed E-state index contributed by atoms with van der Waals surface area (Å²) in [6, 6.07) is 6.00. The number of carbonyl (C=O) groups excluding carboxylic acids is 2. The predicted molar refractivity (Wildman–Crippen MR) is 153 cm³/mol. The molecule has 10 heteroatoms. The molecule has 1 fully saturated rings. The van der Waals surface area contributed by atoms with Crippen molar-refractivity contribution in [3.8, 4) is 5.75 Å². The van der Waals surface area contributed by atoms with E-state index in [-0.39, 0.29) is 18.1 Å². The summed E-state index contributed by atoms with van der Waals surface area (Å²) in [7, 11) is 3.32. The molecule has 3 rings (SSSR count). The first-order valence-electron chi connectivity index (χ1n) is 13.7. The van der Waals surface area contributed by atoms with Gasteiger partial charge in [0, 0.05) is 24.3 Å². The largest absolute Gasteiger partial charge is 0.497 e. The van der Waals surface area contributed by atoms with Crippen LogP contribution in [0, 0.1) is 0 Å². The molecule has 0 atom stereocenters. The van der Waals surface area contributed by atoms with Gasteiger partial charge < -0.3 is 31.7 Å². The predicted octanol–water partition coefficient (Wildman–Crippen LogP) is 3.93. The topological polar surface area (TPSA) is 143 Å². The fraction of sp³-hybridized carbons (Fsp3) is 0.571. The molecule has 1 aliphatic rings. The van der Waals surface area contributed by atoms with Crippen molar-refractivity contribution in [1.29, 1.82) is 0 Å². The number of nitrogens with one attached hydrogen (secondary N) is 4. The van der Waals surface area contributed by atoms with Crippen molar-refractivity contribution in [3.63, 3.8) is 0 Å². The Morgan fingerprint density at radius 3 is 2.37 bits per heavy atom. The van der Waals surface area contributed by atoms with Crippen LogP contribution in [0.1, 0.15) is 81.0 Å². The van der Waals surface area contributed by atoms with Crippen molar-refractivity contribution in [2.45, 2.75) is 78.2 Å². The number of anilines is 3. The number of primary amides is 1. The second-order valence-electron chi connectivity index (χ2n) is 9.45. The average molecular weight is 528 g/mol. The minimum atomic E-state index is -0.644. The summed E-state index contributed by atoms with van der Waals surface area (Å²) in [5, 5.41) is 12.5. The van der Waals surface area contributed by atoms with Crippen LogP contribution in [0.15, 0.2) is 18.2 Å². The zero-order chi connectivity index (χ0) is 27.9. The fourth-order valence-electron chi connectivity index (χ4n) is 4.23. The van der Waals surface area contributed by atoms with Gasteiger partial charge in [-0.1, -0.05) is 46.5 Å². The van der Waals surface area contributed by atoms with Crippen LogP contribution in [0.5, 0.6) is 5.75 Å². The number of benzene rings is 1. The van der Waals surface area contributed by atoms with E-state index in [0.29, 0.717) is 48.5 Å². The van der Waals surface area contributed by atoms with Crippen molar-refractivity contribution in [2.75, 3.05) is 37.9 Å². The Morgan fingerprint density at radius 1 is 1.05 bits per heavy atom. The van der Waals surface area contributed by atoms with Crippen molar-refractivity contribution in [1.82, 2.24) is 20.6 Å². The van der Waals surface area contributed by atoms with Gasteiger partial charge in [-0.2, -0.15) is 0 Å². The number of ether oxygens (including phenoxy) is 1. The lowest BCUT2D eigenvalue weighted by Gasteiger charge is -2.25. The molecule has 0 saturated heterocycles. The Hall–Kier alpha value is -3.40. The highest BCUT2D eigenvalue weighted by molar-refractivity contribution is 5.96. The van der Waals surface area contributed by atoms with Crippen molar-refractivity contribution in [2.24, 2.45) is 5.73 Å². The summed E-state index contributed by atoms with van der Waals surface area (Å²) in [6.45, 7) is 6.99. The highest BCUT2D eigenvalue weighted by atomic mass is 16.5. The highest BCUT2D eigenvalue weighted by Gasteiger charge is 2.20. The van der Waals surface area contributed by atoms with Crippen molar-refractivity contribution < 1.29 is 14.3 Å². The van der Waals surface area contributed by atoms with Gasteiger partial charge in [-0.05, 0) is 50.4 Å². The lowest BCUT2D eigenvalue weighted by atomic mass is 9.95. The maximum absolute atomic E-state index is 12.2. The molecule has 38 heavy (non-hydrogen) atoms. The zero-order valence-electron chi connectivity index (χ0n) is 23.6. The minimum Gasteiger partial charge on any atom is -0.497 e. The first-order chi connectivity index (χ1) is 18.3. The summed E-state index contributed by atoms with van der Waals surface area (Å²) in [6.07, 6.45) is 8.32. The van der Waals surface area contributed by atoms with Gasteiger partial charge in [-0.15, -0.1) is 0 Å². The third-order valence-electron chi connectivity index (χ3n) is 6.02.